The number of nitrogens with two attached hydrogens (primary N) is 1. The van der Waals surface area contributed by atoms with Gasteiger partial charge in [-0.3, -0.25) is 0 Å². The van der Waals surface area contributed by atoms with Crippen LogP contribution in [0, 0.1) is 0 Å². The molecule has 0 unspecified atom stereocenters. The van der Waals surface area contributed by atoms with Crippen LogP contribution in [0.1, 0.15) is 17.5 Å². The monoisotopic (exact) mass is 213 g/mol. The number of halogens is 1. The summed E-state index contributed by atoms with van der Waals surface area (Å²) in [6, 6.07) is 8.20. The number of hydrogen-bond donors (Lipinski definition) is 2. The number of aliphatic hydroxyl groups is 1. The third-order valence-corrected chi connectivity index (χ3v) is 2.79. The van der Waals surface area contributed by atoms with E-state index in [1.54, 1.807) is 0 Å². The Hall–Kier alpha value is -0.570. The molecule has 2 atom stereocenters. The molecule has 0 aliphatic heterocycles. The van der Waals surface area contributed by atoms with Gasteiger partial charge in [-0.2, -0.15) is 0 Å². The first-order chi connectivity index (χ1) is 6.27. The second-order valence-corrected chi connectivity index (χ2v) is 3.74. The van der Waals surface area contributed by atoms with Gasteiger partial charge in [0, 0.05) is 12.5 Å². The van der Waals surface area contributed by atoms with Gasteiger partial charge in [-0.25, -0.2) is 0 Å². The fraction of sp³-hybridized carbons (Fsp3) is 0.455. The van der Waals surface area contributed by atoms with Gasteiger partial charge in [0.15, 0.2) is 0 Å². The van der Waals surface area contributed by atoms with Crippen LogP contribution in [0.25, 0.3) is 0 Å². The van der Waals surface area contributed by atoms with Crippen LogP contribution in [0.2, 0.25) is 0 Å². The second kappa shape index (κ2) is 4.78. The molecule has 2 nitrogen and oxygen atoms in total. The standard InChI is InChI=1S/C11H15NO.ClH/c12-10-6-5-8-3-1-2-4-9(8)7-11(10)13;/h1-4,10-11,13H,5-7,12H2;1H/t10-,11-;/m0./s1. The lowest BCUT2D eigenvalue weighted by molar-refractivity contribution is 0.144. The second-order valence-electron chi connectivity index (χ2n) is 3.74. The zero-order valence-electron chi connectivity index (χ0n) is 8.02. The molecule has 1 aromatic rings. The normalized spacial score (nSPS) is 25.9. The third-order valence-electron chi connectivity index (χ3n) is 2.79. The van der Waals surface area contributed by atoms with Crippen molar-refractivity contribution in [3.05, 3.63) is 35.4 Å². The Morgan fingerprint density at radius 2 is 1.86 bits per heavy atom. The zero-order chi connectivity index (χ0) is 9.26. The van der Waals surface area contributed by atoms with Gasteiger partial charge in [-0.05, 0) is 24.0 Å². The van der Waals surface area contributed by atoms with Crippen LogP contribution < -0.4 is 5.73 Å². The predicted octanol–water partition coefficient (Wildman–Crippen LogP) is 1.29. The van der Waals surface area contributed by atoms with Crippen molar-refractivity contribution in [2.75, 3.05) is 0 Å². The summed E-state index contributed by atoms with van der Waals surface area (Å²) in [5, 5.41) is 9.68. The Balaban J connectivity index is 0.000000980. The largest absolute Gasteiger partial charge is 0.391 e. The van der Waals surface area contributed by atoms with E-state index in [0.717, 1.165) is 12.8 Å². The number of benzene rings is 1. The predicted molar refractivity (Wildman–Crippen MR) is 59.7 cm³/mol. The van der Waals surface area contributed by atoms with Crippen LogP contribution in [0.4, 0.5) is 0 Å². The molecule has 3 N–H and O–H groups in total. The molecular formula is C11H16ClNO. The smallest absolute Gasteiger partial charge is 0.0731 e. The molecule has 0 amide bonds. The van der Waals surface area contributed by atoms with Crippen LogP contribution >= 0.6 is 12.4 Å². The number of aliphatic hydroxyl groups excluding tert-OH is 1. The summed E-state index contributed by atoms with van der Waals surface area (Å²) in [5.41, 5.74) is 8.40. The van der Waals surface area contributed by atoms with Crippen LogP contribution in [0.15, 0.2) is 24.3 Å². The van der Waals surface area contributed by atoms with Gasteiger partial charge in [-0.1, -0.05) is 24.3 Å². The number of aryl methyl sites for hydroxylation is 1. The average molecular weight is 214 g/mol. The Morgan fingerprint density at radius 3 is 2.57 bits per heavy atom. The average Bonchev–Trinajstić information content (AvgIpc) is 2.28. The molecule has 1 aliphatic rings. The summed E-state index contributed by atoms with van der Waals surface area (Å²) < 4.78 is 0. The van der Waals surface area contributed by atoms with Gasteiger partial charge in [0.25, 0.3) is 0 Å². The van der Waals surface area contributed by atoms with Crippen molar-refractivity contribution in [2.45, 2.75) is 31.4 Å². The summed E-state index contributed by atoms with van der Waals surface area (Å²) in [6.45, 7) is 0. The van der Waals surface area contributed by atoms with E-state index in [1.807, 2.05) is 12.1 Å². The van der Waals surface area contributed by atoms with E-state index < -0.39 is 0 Å². The van der Waals surface area contributed by atoms with Crippen LogP contribution in [0.3, 0.4) is 0 Å². The fourth-order valence-electron chi connectivity index (χ4n) is 1.89. The molecule has 0 aromatic heterocycles. The maximum atomic E-state index is 9.68. The Kier molecular flexibility index (Phi) is 3.93. The lowest BCUT2D eigenvalue weighted by atomic mass is 10.0. The molecular weight excluding hydrogens is 198 g/mol. The zero-order valence-corrected chi connectivity index (χ0v) is 8.83. The van der Waals surface area contributed by atoms with Crippen LogP contribution in [-0.4, -0.2) is 17.3 Å². The summed E-state index contributed by atoms with van der Waals surface area (Å²) in [6.07, 6.45) is 2.22. The van der Waals surface area contributed by atoms with Gasteiger partial charge in [-0.15, -0.1) is 12.4 Å². The summed E-state index contributed by atoms with van der Waals surface area (Å²) in [5.74, 6) is 0. The van der Waals surface area contributed by atoms with Crippen molar-refractivity contribution < 1.29 is 5.11 Å². The van der Waals surface area contributed by atoms with E-state index in [-0.39, 0.29) is 24.6 Å². The number of fused-ring (bicyclic) bond motifs is 1. The van der Waals surface area contributed by atoms with Gasteiger partial charge >= 0.3 is 0 Å². The summed E-state index contributed by atoms with van der Waals surface area (Å²) in [4.78, 5) is 0. The molecule has 3 heteroatoms. The topological polar surface area (TPSA) is 46.2 Å². The first-order valence-corrected chi connectivity index (χ1v) is 4.78. The van der Waals surface area contributed by atoms with E-state index in [0.29, 0.717) is 6.42 Å². The van der Waals surface area contributed by atoms with Gasteiger partial charge in [0.2, 0.25) is 0 Å². The quantitative estimate of drug-likeness (QED) is 0.638. The lowest BCUT2D eigenvalue weighted by Gasteiger charge is -2.14. The molecule has 0 saturated carbocycles. The molecule has 78 valence electrons. The first-order valence-electron chi connectivity index (χ1n) is 4.78. The highest BCUT2D eigenvalue weighted by molar-refractivity contribution is 5.85. The molecule has 0 bridgehead atoms. The van der Waals surface area contributed by atoms with Crippen molar-refractivity contribution in [1.29, 1.82) is 0 Å². The maximum absolute atomic E-state index is 9.68. The van der Waals surface area contributed by atoms with Crippen molar-refractivity contribution in [3.8, 4) is 0 Å². The lowest BCUT2D eigenvalue weighted by Crippen LogP contribution is -2.35. The third kappa shape index (κ3) is 2.27. The van der Waals surface area contributed by atoms with Crippen molar-refractivity contribution in [3.63, 3.8) is 0 Å². The van der Waals surface area contributed by atoms with Gasteiger partial charge in [0.1, 0.15) is 0 Å². The Bertz CT molecular complexity index is 303. The molecule has 0 saturated heterocycles. The van der Waals surface area contributed by atoms with E-state index in [9.17, 15) is 5.11 Å². The Morgan fingerprint density at radius 1 is 1.21 bits per heavy atom. The molecule has 2 rings (SSSR count). The minimum atomic E-state index is -0.372. The van der Waals surface area contributed by atoms with E-state index in [2.05, 4.69) is 12.1 Å². The molecule has 0 spiro atoms. The summed E-state index contributed by atoms with van der Waals surface area (Å²) >= 11 is 0. The molecule has 1 aliphatic carbocycles. The highest BCUT2D eigenvalue weighted by Gasteiger charge is 2.20. The fourth-order valence-corrected chi connectivity index (χ4v) is 1.89. The first kappa shape index (κ1) is 11.5. The molecule has 0 fully saturated rings. The van der Waals surface area contributed by atoms with Crippen LogP contribution in [-0.2, 0) is 12.8 Å². The molecule has 0 radical (unpaired) electrons. The molecule has 0 heterocycles. The van der Waals surface area contributed by atoms with E-state index in [4.69, 9.17) is 5.73 Å². The number of rotatable bonds is 0. The van der Waals surface area contributed by atoms with Gasteiger partial charge < -0.3 is 10.8 Å². The molecule has 1 aromatic carbocycles. The Labute approximate surface area is 90.5 Å². The highest BCUT2D eigenvalue weighted by atomic mass is 35.5. The highest BCUT2D eigenvalue weighted by Crippen LogP contribution is 2.19. The number of hydrogen-bond acceptors (Lipinski definition) is 2. The summed E-state index contributed by atoms with van der Waals surface area (Å²) in [7, 11) is 0. The van der Waals surface area contributed by atoms with Crippen molar-refractivity contribution in [1.82, 2.24) is 0 Å². The van der Waals surface area contributed by atoms with Crippen LogP contribution in [0.5, 0.6) is 0 Å². The minimum Gasteiger partial charge on any atom is -0.391 e. The minimum absolute atomic E-state index is 0. The van der Waals surface area contributed by atoms with E-state index >= 15 is 0 Å². The van der Waals surface area contributed by atoms with Crippen molar-refractivity contribution in [2.24, 2.45) is 5.73 Å². The maximum Gasteiger partial charge on any atom is 0.0731 e. The molecule has 14 heavy (non-hydrogen) atoms. The van der Waals surface area contributed by atoms with Gasteiger partial charge in [0.05, 0.1) is 6.10 Å². The van der Waals surface area contributed by atoms with Crippen molar-refractivity contribution >= 4 is 12.4 Å². The SMILES string of the molecule is Cl.N[C@H]1CCc2ccccc2C[C@@H]1O. The van der Waals surface area contributed by atoms with E-state index in [1.165, 1.54) is 11.1 Å².